The van der Waals surface area contributed by atoms with Crippen LogP contribution in [0.3, 0.4) is 0 Å². The molecular weight excluding hydrogens is 239 g/mol. The molecule has 0 aliphatic carbocycles. The normalized spacial score (nSPS) is 10.8. The van der Waals surface area contributed by atoms with E-state index in [9.17, 15) is 4.39 Å². The SMILES string of the molecule is Cn1cc(CNc2cccc(F)c2)c2ccccc21. The molecule has 96 valence electrons. The second-order valence-electron chi connectivity index (χ2n) is 4.65. The van der Waals surface area contributed by atoms with Crippen LogP contribution in [0.5, 0.6) is 0 Å². The lowest BCUT2D eigenvalue weighted by Gasteiger charge is -2.05. The first-order valence-corrected chi connectivity index (χ1v) is 6.26. The Bertz CT molecular complexity index is 716. The zero-order valence-electron chi connectivity index (χ0n) is 10.7. The van der Waals surface area contributed by atoms with E-state index in [1.807, 2.05) is 25.2 Å². The van der Waals surface area contributed by atoms with Crippen LogP contribution >= 0.6 is 0 Å². The number of nitrogens with zero attached hydrogens (tertiary/aromatic N) is 1. The molecule has 0 fully saturated rings. The number of halogens is 1. The van der Waals surface area contributed by atoms with Crippen molar-refractivity contribution in [3.05, 3.63) is 66.1 Å². The van der Waals surface area contributed by atoms with E-state index >= 15 is 0 Å². The fourth-order valence-electron chi connectivity index (χ4n) is 2.36. The standard InChI is InChI=1S/C16H15FN2/c1-19-11-12(15-7-2-3-8-16(15)19)10-18-14-6-4-5-13(17)9-14/h2-9,11,18H,10H2,1H3. The second-order valence-corrected chi connectivity index (χ2v) is 4.65. The molecule has 2 nitrogen and oxygen atoms in total. The molecule has 0 radical (unpaired) electrons. The van der Waals surface area contributed by atoms with Crippen molar-refractivity contribution in [1.82, 2.24) is 4.57 Å². The van der Waals surface area contributed by atoms with Crippen LogP contribution in [0.1, 0.15) is 5.56 Å². The third kappa shape index (κ3) is 2.32. The monoisotopic (exact) mass is 254 g/mol. The summed E-state index contributed by atoms with van der Waals surface area (Å²) in [4.78, 5) is 0. The maximum atomic E-state index is 13.1. The van der Waals surface area contributed by atoms with Crippen LogP contribution in [0, 0.1) is 5.82 Å². The van der Waals surface area contributed by atoms with E-state index in [0.29, 0.717) is 6.54 Å². The number of hydrogen-bond acceptors (Lipinski definition) is 1. The summed E-state index contributed by atoms with van der Waals surface area (Å²) in [6.45, 7) is 0.685. The molecule has 0 saturated carbocycles. The van der Waals surface area contributed by atoms with E-state index in [1.165, 1.54) is 28.6 Å². The van der Waals surface area contributed by atoms with E-state index in [2.05, 4.69) is 28.2 Å². The molecule has 0 atom stereocenters. The average Bonchev–Trinajstić information content (AvgIpc) is 2.74. The number of nitrogens with one attached hydrogen (secondary N) is 1. The topological polar surface area (TPSA) is 17.0 Å². The highest BCUT2D eigenvalue weighted by atomic mass is 19.1. The van der Waals surface area contributed by atoms with Gasteiger partial charge in [0.25, 0.3) is 0 Å². The zero-order valence-corrected chi connectivity index (χ0v) is 10.7. The van der Waals surface area contributed by atoms with Crippen molar-refractivity contribution in [2.75, 3.05) is 5.32 Å². The van der Waals surface area contributed by atoms with Crippen molar-refractivity contribution in [1.29, 1.82) is 0 Å². The van der Waals surface area contributed by atoms with Crippen LogP contribution < -0.4 is 5.32 Å². The Morgan fingerprint density at radius 3 is 2.79 bits per heavy atom. The van der Waals surface area contributed by atoms with Crippen molar-refractivity contribution in [3.63, 3.8) is 0 Å². The summed E-state index contributed by atoms with van der Waals surface area (Å²) in [6, 6.07) is 14.8. The summed E-state index contributed by atoms with van der Waals surface area (Å²) in [5.74, 6) is -0.220. The first-order valence-electron chi connectivity index (χ1n) is 6.26. The zero-order chi connectivity index (χ0) is 13.2. The van der Waals surface area contributed by atoms with Gasteiger partial charge in [0.15, 0.2) is 0 Å². The van der Waals surface area contributed by atoms with Gasteiger partial charge < -0.3 is 9.88 Å². The molecule has 0 amide bonds. The Morgan fingerprint density at radius 2 is 1.95 bits per heavy atom. The molecule has 0 unspecified atom stereocenters. The highest BCUT2D eigenvalue weighted by molar-refractivity contribution is 5.84. The minimum absolute atomic E-state index is 0.220. The summed E-state index contributed by atoms with van der Waals surface area (Å²) in [7, 11) is 2.04. The Kier molecular flexibility index (Phi) is 2.95. The molecule has 3 heteroatoms. The van der Waals surface area contributed by atoms with Gasteiger partial charge in [-0.1, -0.05) is 24.3 Å². The maximum absolute atomic E-state index is 13.1. The molecule has 1 heterocycles. The Morgan fingerprint density at radius 1 is 1.11 bits per heavy atom. The van der Waals surface area contributed by atoms with Gasteiger partial charge in [0.1, 0.15) is 5.82 Å². The van der Waals surface area contributed by atoms with Crippen LogP contribution in [-0.2, 0) is 13.6 Å². The third-order valence-electron chi connectivity index (χ3n) is 3.29. The summed E-state index contributed by atoms with van der Waals surface area (Å²) in [6.07, 6.45) is 2.11. The molecule has 2 aromatic carbocycles. The predicted octanol–water partition coefficient (Wildman–Crippen LogP) is 3.93. The smallest absolute Gasteiger partial charge is 0.125 e. The molecule has 19 heavy (non-hydrogen) atoms. The van der Waals surface area contributed by atoms with Gasteiger partial charge in [0, 0.05) is 36.4 Å². The minimum atomic E-state index is -0.220. The fourth-order valence-corrected chi connectivity index (χ4v) is 2.36. The van der Waals surface area contributed by atoms with Gasteiger partial charge in [-0.2, -0.15) is 0 Å². The summed E-state index contributed by atoms with van der Waals surface area (Å²) in [5.41, 5.74) is 3.22. The highest BCUT2D eigenvalue weighted by Gasteiger charge is 2.05. The number of aryl methyl sites for hydroxylation is 1. The van der Waals surface area contributed by atoms with Crippen molar-refractivity contribution in [3.8, 4) is 0 Å². The van der Waals surface area contributed by atoms with Crippen LogP contribution in [0.4, 0.5) is 10.1 Å². The van der Waals surface area contributed by atoms with Crippen LogP contribution in [0.2, 0.25) is 0 Å². The number of anilines is 1. The van der Waals surface area contributed by atoms with Crippen molar-refractivity contribution in [2.24, 2.45) is 7.05 Å². The Balaban J connectivity index is 1.86. The molecule has 0 aliphatic rings. The van der Waals surface area contributed by atoms with Gasteiger partial charge in [0.05, 0.1) is 0 Å². The quantitative estimate of drug-likeness (QED) is 0.749. The van der Waals surface area contributed by atoms with Crippen molar-refractivity contribution < 1.29 is 4.39 Å². The number of aromatic nitrogens is 1. The summed E-state index contributed by atoms with van der Waals surface area (Å²) >= 11 is 0. The molecule has 1 aromatic heterocycles. The van der Waals surface area contributed by atoms with Crippen LogP contribution in [-0.4, -0.2) is 4.57 Å². The average molecular weight is 254 g/mol. The third-order valence-corrected chi connectivity index (χ3v) is 3.29. The molecule has 3 aromatic rings. The van der Waals surface area contributed by atoms with E-state index in [0.717, 1.165) is 5.69 Å². The number of rotatable bonds is 3. The molecular formula is C16H15FN2. The van der Waals surface area contributed by atoms with Gasteiger partial charge in [0.2, 0.25) is 0 Å². The van der Waals surface area contributed by atoms with E-state index in [-0.39, 0.29) is 5.82 Å². The van der Waals surface area contributed by atoms with Gasteiger partial charge in [-0.3, -0.25) is 0 Å². The van der Waals surface area contributed by atoms with Gasteiger partial charge in [-0.25, -0.2) is 4.39 Å². The highest BCUT2D eigenvalue weighted by Crippen LogP contribution is 2.21. The number of benzene rings is 2. The van der Waals surface area contributed by atoms with E-state index < -0.39 is 0 Å². The molecule has 0 saturated heterocycles. The Hall–Kier alpha value is -2.29. The lowest BCUT2D eigenvalue weighted by molar-refractivity contribution is 0.628. The largest absolute Gasteiger partial charge is 0.381 e. The first-order chi connectivity index (χ1) is 9.24. The van der Waals surface area contributed by atoms with Crippen LogP contribution in [0.15, 0.2) is 54.7 Å². The lowest BCUT2D eigenvalue weighted by Crippen LogP contribution is -1.98. The molecule has 0 spiro atoms. The van der Waals surface area contributed by atoms with Gasteiger partial charge >= 0.3 is 0 Å². The molecule has 1 N–H and O–H groups in total. The van der Waals surface area contributed by atoms with Gasteiger partial charge in [-0.05, 0) is 29.8 Å². The van der Waals surface area contributed by atoms with E-state index in [4.69, 9.17) is 0 Å². The number of fused-ring (bicyclic) bond motifs is 1. The number of hydrogen-bond donors (Lipinski definition) is 1. The maximum Gasteiger partial charge on any atom is 0.125 e. The molecule has 0 aliphatic heterocycles. The number of para-hydroxylation sites is 1. The summed E-state index contributed by atoms with van der Waals surface area (Å²) in [5, 5.41) is 4.48. The molecule has 0 bridgehead atoms. The second kappa shape index (κ2) is 4.76. The first kappa shape index (κ1) is 11.8. The predicted molar refractivity (Wildman–Crippen MR) is 76.6 cm³/mol. The van der Waals surface area contributed by atoms with Gasteiger partial charge in [-0.15, -0.1) is 0 Å². The summed E-state index contributed by atoms with van der Waals surface area (Å²) < 4.78 is 15.2. The van der Waals surface area contributed by atoms with Crippen molar-refractivity contribution in [2.45, 2.75) is 6.54 Å². The van der Waals surface area contributed by atoms with E-state index in [1.54, 1.807) is 6.07 Å². The molecule has 3 rings (SSSR count). The minimum Gasteiger partial charge on any atom is -0.381 e. The fraction of sp³-hybridized carbons (Fsp3) is 0.125. The van der Waals surface area contributed by atoms with Crippen molar-refractivity contribution >= 4 is 16.6 Å². The Labute approximate surface area is 111 Å². The van der Waals surface area contributed by atoms with Crippen LogP contribution in [0.25, 0.3) is 10.9 Å². The lowest BCUT2D eigenvalue weighted by atomic mass is 10.2.